The van der Waals surface area contributed by atoms with E-state index in [4.69, 9.17) is 4.74 Å². The number of ether oxygens (including phenoxy) is 1. The number of sulfonamides is 1. The van der Waals surface area contributed by atoms with Crippen LogP contribution in [0.5, 0.6) is 5.75 Å². The van der Waals surface area contributed by atoms with E-state index in [1.165, 1.54) is 12.1 Å². The van der Waals surface area contributed by atoms with E-state index in [1.54, 1.807) is 24.3 Å². The molecule has 0 atom stereocenters. The Hall–Kier alpha value is -2.61. The van der Waals surface area contributed by atoms with Gasteiger partial charge in [-0.3, -0.25) is 9.10 Å². The average molecular weight is 451 g/mol. The maximum absolute atomic E-state index is 13.3. The Morgan fingerprint density at radius 3 is 2.03 bits per heavy atom. The molecule has 0 radical (unpaired) electrons. The van der Waals surface area contributed by atoms with E-state index >= 15 is 0 Å². The molecule has 31 heavy (non-hydrogen) atoms. The number of hydrogen-bond donors (Lipinski definition) is 1. The first-order chi connectivity index (χ1) is 14.6. The maximum Gasteiger partial charge on any atom is 0.264 e. The molecular weight excluding hydrogens is 419 g/mol. The molecule has 6 nitrogen and oxygen atoms in total. The first kappa shape index (κ1) is 24.7. The fourth-order valence-corrected chi connectivity index (χ4v) is 4.81. The summed E-state index contributed by atoms with van der Waals surface area (Å²) in [6.07, 6.45) is 0. The Morgan fingerprint density at radius 1 is 1.00 bits per heavy atom. The third-order valence-corrected chi connectivity index (χ3v) is 6.68. The minimum absolute atomic E-state index is 0.0943. The van der Waals surface area contributed by atoms with E-state index in [2.05, 4.69) is 5.32 Å². The van der Waals surface area contributed by atoms with Crippen LogP contribution in [0.3, 0.4) is 0 Å². The number of nitrogens with zero attached hydrogens (tertiary/aromatic N) is 1. The lowest BCUT2D eigenvalue weighted by Gasteiger charge is -2.29. The molecule has 0 unspecified atom stereocenters. The van der Waals surface area contributed by atoms with Gasteiger partial charge >= 0.3 is 0 Å². The van der Waals surface area contributed by atoms with E-state index in [1.807, 2.05) is 34.6 Å². The Morgan fingerprint density at radius 2 is 1.55 bits per heavy atom. The molecule has 0 aliphatic carbocycles. The van der Waals surface area contributed by atoms with Crippen LogP contribution >= 0.6 is 0 Å². The predicted octanol–water partition coefficient (Wildman–Crippen LogP) is 4.22. The lowest BCUT2D eigenvalue weighted by molar-refractivity contribution is -0.121. The van der Waals surface area contributed by atoms with E-state index in [-0.39, 0.29) is 22.8 Å². The van der Waals surface area contributed by atoms with Crippen LogP contribution in [0.2, 0.25) is 0 Å². The highest BCUT2D eigenvalue weighted by Gasteiger charge is 2.29. The summed E-state index contributed by atoms with van der Waals surface area (Å²) >= 11 is 0. The van der Waals surface area contributed by atoms with Crippen LogP contribution in [0, 0.1) is 17.7 Å². The van der Waals surface area contributed by atoms with Gasteiger partial charge in [0.1, 0.15) is 18.1 Å². The van der Waals surface area contributed by atoms with Gasteiger partial charge in [0.2, 0.25) is 5.91 Å². The fourth-order valence-electron chi connectivity index (χ4n) is 3.39. The number of hydrogen-bond acceptors (Lipinski definition) is 4. The lowest BCUT2D eigenvalue weighted by Crippen LogP contribution is -2.47. The number of nitrogens with one attached hydrogen (secondary N) is 1. The van der Waals surface area contributed by atoms with Crippen molar-refractivity contribution in [2.24, 2.45) is 11.8 Å². The standard InChI is InChI=1S/C23H31FN2O4S/c1-6-30-20-11-9-19(10-12-20)26(15-22(27)25-23(16(2)3)17(4)5)31(28,29)21-13-7-18(24)8-14-21/h7-14,16-17,23H,6,15H2,1-5H3,(H,25,27). The Kier molecular flexibility index (Phi) is 8.44. The number of benzene rings is 2. The largest absolute Gasteiger partial charge is 0.494 e. The summed E-state index contributed by atoms with van der Waals surface area (Å²) in [5, 5.41) is 2.95. The van der Waals surface area contributed by atoms with Gasteiger partial charge in [-0.1, -0.05) is 27.7 Å². The summed E-state index contributed by atoms with van der Waals surface area (Å²) in [6, 6.07) is 10.9. The molecule has 0 aliphatic rings. The van der Waals surface area contributed by atoms with Crippen LogP contribution in [0.15, 0.2) is 53.4 Å². The minimum Gasteiger partial charge on any atom is -0.494 e. The predicted molar refractivity (Wildman–Crippen MR) is 120 cm³/mol. The zero-order chi connectivity index (χ0) is 23.2. The van der Waals surface area contributed by atoms with Crippen LogP contribution in [0.4, 0.5) is 10.1 Å². The van der Waals surface area contributed by atoms with E-state index in [9.17, 15) is 17.6 Å². The molecule has 2 aromatic rings. The highest BCUT2D eigenvalue weighted by Crippen LogP contribution is 2.26. The second kappa shape index (κ2) is 10.6. The number of carbonyl (C=O) groups excluding carboxylic acids is 1. The molecule has 0 bridgehead atoms. The SMILES string of the molecule is CCOc1ccc(N(CC(=O)NC(C(C)C)C(C)C)S(=O)(=O)c2ccc(F)cc2)cc1. The van der Waals surface area contributed by atoms with Gasteiger partial charge in [0.15, 0.2) is 0 Å². The van der Waals surface area contributed by atoms with E-state index < -0.39 is 28.3 Å². The van der Waals surface area contributed by atoms with Gasteiger partial charge in [0.05, 0.1) is 17.2 Å². The van der Waals surface area contributed by atoms with Crippen molar-refractivity contribution in [1.29, 1.82) is 0 Å². The second-order valence-electron chi connectivity index (χ2n) is 7.97. The van der Waals surface area contributed by atoms with E-state index in [0.29, 0.717) is 18.0 Å². The van der Waals surface area contributed by atoms with Crippen molar-refractivity contribution >= 4 is 21.6 Å². The molecule has 0 fully saturated rings. The zero-order valence-corrected chi connectivity index (χ0v) is 19.4. The summed E-state index contributed by atoms with van der Waals surface area (Å²) in [4.78, 5) is 12.7. The summed E-state index contributed by atoms with van der Waals surface area (Å²) in [5.74, 6) is 0.0238. The van der Waals surface area contributed by atoms with Gasteiger partial charge in [0.25, 0.3) is 10.0 Å². The van der Waals surface area contributed by atoms with Crippen molar-refractivity contribution in [3.8, 4) is 5.75 Å². The lowest BCUT2D eigenvalue weighted by atomic mass is 9.93. The molecule has 0 saturated carbocycles. The van der Waals surface area contributed by atoms with Crippen molar-refractivity contribution in [3.63, 3.8) is 0 Å². The van der Waals surface area contributed by atoms with Gasteiger partial charge in [-0.25, -0.2) is 12.8 Å². The van der Waals surface area contributed by atoms with Gasteiger partial charge in [0, 0.05) is 6.04 Å². The Labute approximate surface area is 184 Å². The van der Waals surface area contributed by atoms with Crippen molar-refractivity contribution in [3.05, 3.63) is 54.3 Å². The van der Waals surface area contributed by atoms with Gasteiger partial charge in [-0.15, -0.1) is 0 Å². The van der Waals surface area contributed by atoms with Crippen LogP contribution in [0.25, 0.3) is 0 Å². The molecule has 0 aromatic heterocycles. The highest BCUT2D eigenvalue weighted by atomic mass is 32.2. The average Bonchev–Trinajstić information content (AvgIpc) is 2.71. The van der Waals surface area contributed by atoms with Gasteiger partial charge < -0.3 is 10.1 Å². The summed E-state index contributed by atoms with van der Waals surface area (Å²) in [7, 11) is -4.10. The van der Waals surface area contributed by atoms with Crippen molar-refractivity contribution < 1.29 is 22.3 Å². The number of anilines is 1. The summed E-state index contributed by atoms with van der Waals surface area (Å²) < 4.78 is 46.5. The molecule has 8 heteroatoms. The van der Waals surface area contributed by atoms with Crippen molar-refractivity contribution in [1.82, 2.24) is 5.32 Å². The number of rotatable bonds is 10. The third-order valence-electron chi connectivity index (χ3n) is 4.89. The Bertz CT molecular complexity index is 950. The number of carbonyl (C=O) groups is 1. The van der Waals surface area contributed by atoms with Gasteiger partial charge in [-0.2, -0.15) is 0 Å². The first-order valence-electron chi connectivity index (χ1n) is 10.4. The highest BCUT2D eigenvalue weighted by molar-refractivity contribution is 7.92. The van der Waals surface area contributed by atoms with Crippen LogP contribution in [0.1, 0.15) is 34.6 Å². The van der Waals surface area contributed by atoms with Crippen LogP contribution in [-0.2, 0) is 14.8 Å². The number of halogens is 1. The minimum atomic E-state index is -4.10. The van der Waals surface area contributed by atoms with Crippen LogP contribution in [-0.4, -0.2) is 33.5 Å². The molecule has 2 rings (SSSR count). The molecule has 0 saturated heterocycles. The number of amides is 1. The first-order valence-corrected chi connectivity index (χ1v) is 11.8. The molecule has 0 aliphatic heterocycles. The smallest absolute Gasteiger partial charge is 0.264 e. The molecule has 170 valence electrons. The van der Waals surface area contributed by atoms with E-state index in [0.717, 1.165) is 16.4 Å². The van der Waals surface area contributed by atoms with Crippen molar-refractivity contribution in [2.75, 3.05) is 17.5 Å². The van der Waals surface area contributed by atoms with Crippen molar-refractivity contribution in [2.45, 2.75) is 45.6 Å². The summed E-state index contributed by atoms with van der Waals surface area (Å²) in [5.41, 5.74) is 0.313. The molecule has 0 heterocycles. The summed E-state index contributed by atoms with van der Waals surface area (Å²) in [6.45, 7) is 9.95. The second-order valence-corrected chi connectivity index (χ2v) is 9.84. The molecule has 0 spiro atoms. The van der Waals surface area contributed by atoms with Gasteiger partial charge in [-0.05, 0) is 67.3 Å². The molecule has 1 amide bonds. The monoisotopic (exact) mass is 450 g/mol. The maximum atomic E-state index is 13.3. The fraction of sp³-hybridized carbons (Fsp3) is 0.435. The quantitative estimate of drug-likeness (QED) is 0.588. The Balaban J connectivity index is 2.40. The third kappa shape index (κ3) is 6.43. The normalized spacial score (nSPS) is 11.8. The molecule has 2 aromatic carbocycles. The molecule has 1 N–H and O–H groups in total. The van der Waals surface area contributed by atoms with Crippen LogP contribution < -0.4 is 14.4 Å². The topological polar surface area (TPSA) is 75.7 Å². The zero-order valence-electron chi connectivity index (χ0n) is 18.6. The molecular formula is C23H31FN2O4S.